The monoisotopic (exact) mass is 638 g/mol. The first-order valence-corrected chi connectivity index (χ1v) is 17.1. The lowest BCUT2D eigenvalue weighted by molar-refractivity contribution is -0.151. The Kier molecular flexibility index (Phi) is 13.4. The Bertz CT molecular complexity index is 1200. The van der Waals surface area contributed by atoms with Crippen molar-refractivity contribution in [2.45, 2.75) is 121 Å². The third-order valence-electron chi connectivity index (χ3n) is 9.67. The lowest BCUT2D eigenvalue weighted by Gasteiger charge is -2.40. The summed E-state index contributed by atoms with van der Waals surface area (Å²) in [7, 11) is 0. The van der Waals surface area contributed by atoms with Gasteiger partial charge in [-0.1, -0.05) is 63.8 Å². The summed E-state index contributed by atoms with van der Waals surface area (Å²) in [4.78, 5) is 39.1. The van der Waals surface area contributed by atoms with Crippen LogP contribution in [-0.4, -0.2) is 98.2 Å². The Labute approximate surface area is 274 Å². The summed E-state index contributed by atoms with van der Waals surface area (Å²) in [5, 5.41) is 22.1. The molecule has 2 fully saturated rings. The van der Waals surface area contributed by atoms with Crippen LogP contribution in [0.5, 0.6) is 0 Å². The van der Waals surface area contributed by atoms with E-state index in [-0.39, 0.29) is 31.1 Å². The topological polar surface area (TPSA) is 125 Å². The van der Waals surface area contributed by atoms with Gasteiger partial charge in [0.15, 0.2) is 6.10 Å². The van der Waals surface area contributed by atoms with E-state index in [1.807, 2.05) is 45.1 Å². The fraction of sp³-hybridized carbons (Fsp3) is 0.667. The molecular weight excluding hydrogens is 584 g/mol. The quantitative estimate of drug-likeness (QED) is 0.184. The standard InChI is InChI=1S/C36H54N4O6/c1-26(11-9-12-28(3)34-37-19-10-20-38-34)33-27(2)15-16-31(36(4,44)18-17-30(41)25-32(42)46-33)45-35(43)40-23-21-39(22-24-40)29-13-7-5-6-8-14-29/h9-12,15-16,19-20,27-31,33,41,44H,5-8,13-14,17-18,21-25H2,1-4H3/b12-9+,16-15-,26-11+/t27-,28-,30-,31-,33+,36-/m0/s1. The molecule has 1 aliphatic carbocycles. The number of ether oxygens (including phenoxy) is 2. The number of carbonyl (C=O) groups is 2. The Morgan fingerprint density at radius 1 is 1.09 bits per heavy atom. The van der Waals surface area contributed by atoms with Crippen LogP contribution in [-0.2, 0) is 14.3 Å². The number of amides is 1. The van der Waals surface area contributed by atoms with Crippen molar-refractivity contribution < 1.29 is 29.3 Å². The van der Waals surface area contributed by atoms with E-state index in [4.69, 9.17) is 9.47 Å². The SMILES string of the molecule is C/C(=C\C=C\[C@H](C)c1ncccn1)[C@H]1OC(=O)C[C@@H](O)CC[C@](C)(O)[C@@H](OC(=O)N2CCN(C3CCCCCC3)CC2)/C=C\[C@@H]1C. The maximum Gasteiger partial charge on any atom is 0.410 e. The second kappa shape index (κ2) is 17.2. The van der Waals surface area contributed by atoms with Crippen LogP contribution in [0.1, 0.15) is 97.2 Å². The van der Waals surface area contributed by atoms with Crippen LogP contribution >= 0.6 is 0 Å². The van der Waals surface area contributed by atoms with Gasteiger partial charge in [-0.25, -0.2) is 14.8 Å². The van der Waals surface area contributed by atoms with E-state index in [1.54, 1.807) is 36.4 Å². The Hall–Kier alpha value is -3.08. The molecule has 1 aromatic rings. The van der Waals surface area contributed by atoms with Crippen molar-refractivity contribution in [3.63, 3.8) is 0 Å². The molecule has 254 valence electrons. The summed E-state index contributed by atoms with van der Waals surface area (Å²) >= 11 is 0. The maximum absolute atomic E-state index is 13.4. The van der Waals surface area contributed by atoms with Gasteiger partial charge < -0.3 is 24.6 Å². The number of rotatable bonds is 6. The number of nitrogens with zero attached hydrogens (tertiary/aromatic N) is 4. The van der Waals surface area contributed by atoms with E-state index >= 15 is 0 Å². The molecule has 3 aliphatic rings. The first-order chi connectivity index (χ1) is 22.0. The number of allylic oxidation sites excluding steroid dienone is 3. The molecule has 46 heavy (non-hydrogen) atoms. The average molecular weight is 639 g/mol. The molecule has 1 saturated carbocycles. The normalized spacial score (nSPS) is 31.3. The zero-order chi connectivity index (χ0) is 33.1. The van der Waals surface area contributed by atoms with Crippen molar-refractivity contribution in [3.8, 4) is 0 Å². The van der Waals surface area contributed by atoms with Crippen LogP contribution in [0, 0.1) is 5.92 Å². The van der Waals surface area contributed by atoms with Gasteiger partial charge in [-0.05, 0) is 57.2 Å². The molecule has 0 unspecified atom stereocenters. The molecule has 10 nitrogen and oxygen atoms in total. The van der Waals surface area contributed by atoms with E-state index in [1.165, 1.54) is 38.5 Å². The van der Waals surface area contributed by atoms with Gasteiger partial charge in [0.25, 0.3) is 0 Å². The van der Waals surface area contributed by atoms with Gasteiger partial charge in [0.05, 0.1) is 12.5 Å². The van der Waals surface area contributed by atoms with Crippen molar-refractivity contribution in [3.05, 3.63) is 60.2 Å². The first-order valence-electron chi connectivity index (χ1n) is 17.1. The third-order valence-corrected chi connectivity index (χ3v) is 9.67. The molecule has 2 aliphatic heterocycles. The van der Waals surface area contributed by atoms with Gasteiger partial charge in [-0.15, -0.1) is 0 Å². The largest absolute Gasteiger partial charge is 0.457 e. The molecule has 0 spiro atoms. The van der Waals surface area contributed by atoms with Crippen molar-refractivity contribution in [1.82, 2.24) is 19.8 Å². The molecular formula is C36H54N4O6. The zero-order valence-corrected chi connectivity index (χ0v) is 28.1. The molecule has 1 amide bonds. The highest BCUT2D eigenvalue weighted by Crippen LogP contribution is 2.28. The smallest absolute Gasteiger partial charge is 0.410 e. The van der Waals surface area contributed by atoms with E-state index in [2.05, 4.69) is 14.9 Å². The van der Waals surface area contributed by atoms with Crippen LogP contribution < -0.4 is 0 Å². The summed E-state index contributed by atoms with van der Waals surface area (Å²) in [6.45, 7) is 10.3. The summed E-state index contributed by atoms with van der Waals surface area (Å²) in [6, 6.07) is 2.37. The van der Waals surface area contributed by atoms with Crippen LogP contribution in [0.4, 0.5) is 4.79 Å². The number of esters is 1. The maximum atomic E-state index is 13.4. The number of cyclic esters (lactones) is 1. The highest BCUT2D eigenvalue weighted by atomic mass is 16.6. The molecule has 0 aromatic carbocycles. The van der Waals surface area contributed by atoms with Gasteiger partial charge >= 0.3 is 12.1 Å². The number of aromatic nitrogens is 2. The number of carbonyl (C=O) groups excluding carboxylic acids is 2. The highest BCUT2D eigenvalue weighted by Gasteiger charge is 2.37. The van der Waals surface area contributed by atoms with Crippen LogP contribution in [0.25, 0.3) is 0 Å². The van der Waals surface area contributed by atoms with Crippen molar-refractivity contribution in [1.29, 1.82) is 0 Å². The fourth-order valence-electron chi connectivity index (χ4n) is 6.63. The molecule has 10 heteroatoms. The zero-order valence-electron chi connectivity index (χ0n) is 28.1. The molecule has 4 rings (SSSR count). The molecule has 6 atom stereocenters. The number of aliphatic hydroxyl groups is 2. The highest BCUT2D eigenvalue weighted by molar-refractivity contribution is 5.70. The summed E-state index contributed by atoms with van der Waals surface area (Å²) in [5.41, 5.74) is -0.641. The van der Waals surface area contributed by atoms with E-state index in [0.717, 1.165) is 18.7 Å². The van der Waals surface area contributed by atoms with E-state index < -0.39 is 36.0 Å². The van der Waals surface area contributed by atoms with Gasteiger partial charge in [0.2, 0.25) is 0 Å². The molecule has 1 aromatic heterocycles. The second-order valence-electron chi connectivity index (χ2n) is 13.6. The van der Waals surface area contributed by atoms with Gasteiger partial charge in [0, 0.05) is 56.5 Å². The minimum atomic E-state index is -1.45. The van der Waals surface area contributed by atoms with Crippen molar-refractivity contribution in [2.75, 3.05) is 26.2 Å². The number of hydrogen-bond donors (Lipinski definition) is 2. The Morgan fingerprint density at radius 2 is 1.76 bits per heavy atom. The molecule has 3 heterocycles. The van der Waals surface area contributed by atoms with Gasteiger partial charge in [0.1, 0.15) is 17.5 Å². The Morgan fingerprint density at radius 3 is 2.43 bits per heavy atom. The first kappa shape index (κ1) is 35.8. The minimum absolute atomic E-state index is 0.00552. The van der Waals surface area contributed by atoms with Gasteiger partial charge in [-0.3, -0.25) is 9.69 Å². The van der Waals surface area contributed by atoms with E-state index in [9.17, 15) is 19.8 Å². The summed E-state index contributed by atoms with van der Waals surface area (Å²) in [5.74, 6) is -0.109. The number of hydrogen-bond acceptors (Lipinski definition) is 9. The van der Waals surface area contributed by atoms with Crippen LogP contribution in [0.15, 0.2) is 54.4 Å². The predicted octanol–water partition coefficient (Wildman–Crippen LogP) is 5.33. The van der Waals surface area contributed by atoms with E-state index in [0.29, 0.717) is 25.0 Å². The van der Waals surface area contributed by atoms with Gasteiger partial charge in [-0.2, -0.15) is 0 Å². The fourth-order valence-corrected chi connectivity index (χ4v) is 6.63. The van der Waals surface area contributed by atoms with Crippen molar-refractivity contribution >= 4 is 12.1 Å². The third kappa shape index (κ3) is 10.5. The van der Waals surface area contributed by atoms with Crippen LogP contribution in [0.2, 0.25) is 0 Å². The summed E-state index contributed by atoms with van der Waals surface area (Å²) in [6.07, 6.45) is 17.5. The molecule has 1 saturated heterocycles. The molecule has 0 radical (unpaired) electrons. The minimum Gasteiger partial charge on any atom is -0.457 e. The molecule has 2 N–H and O–H groups in total. The number of piperazine rings is 1. The second-order valence-corrected chi connectivity index (χ2v) is 13.6. The van der Waals surface area contributed by atoms with Crippen LogP contribution in [0.3, 0.4) is 0 Å². The number of aliphatic hydroxyl groups excluding tert-OH is 1. The summed E-state index contributed by atoms with van der Waals surface area (Å²) < 4.78 is 11.9. The average Bonchev–Trinajstić information content (AvgIpc) is 3.34. The molecule has 0 bridgehead atoms. The van der Waals surface area contributed by atoms with Crippen molar-refractivity contribution in [2.24, 2.45) is 5.92 Å². The predicted molar refractivity (Wildman–Crippen MR) is 177 cm³/mol. The Balaban J connectivity index is 1.45. The lowest BCUT2D eigenvalue weighted by Crippen LogP contribution is -2.53. The lowest BCUT2D eigenvalue weighted by atomic mass is 9.88.